The van der Waals surface area contributed by atoms with Crippen LogP contribution < -0.4 is 14.4 Å². The second kappa shape index (κ2) is 9.28. The van der Waals surface area contributed by atoms with Crippen LogP contribution in [0.15, 0.2) is 48.5 Å². The molecule has 1 aliphatic heterocycles. The molecule has 0 unspecified atom stereocenters. The number of piperazine rings is 1. The topological polar surface area (TPSA) is 44.5 Å². The maximum atomic E-state index is 12.4. The van der Waals surface area contributed by atoms with E-state index in [1.54, 1.807) is 6.07 Å². The molecule has 2 heterocycles. The smallest absolute Gasteiger partial charge is 0.406 e. The average molecular weight is 459 g/mol. The van der Waals surface area contributed by atoms with Gasteiger partial charge < -0.3 is 14.2 Å². The Morgan fingerprint density at radius 2 is 1.67 bits per heavy atom. The third-order valence-corrected chi connectivity index (χ3v) is 6.00. The second-order valence-electron chi connectivity index (χ2n) is 6.90. The van der Waals surface area contributed by atoms with Gasteiger partial charge >= 0.3 is 6.36 Å². The molecule has 3 aromatic rings. The van der Waals surface area contributed by atoms with Gasteiger partial charge in [0.1, 0.15) is 5.75 Å². The Labute approximate surface area is 182 Å². The van der Waals surface area contributed by atoms with Crippen LogP contribution in [0.1, 0.15) is 0 Å². The second-order valence-corrected chi connectivity index (χ2v) is 7.93. The molecule has 0 spiro atoms. The molecule has 1 N–H and O–H groups in total. The summed E-state index contributed by atoms with van der Waals surface area (Å²) in [6, 6.07) is 14.6. The molecule has 1 fully saturated rings. The van der Waals surface area contributed by atoms with E-state index in [0.29, 0.717) is 16.0 Å². The number of rotatable bonds is 5. The van der Waals surface area contributed by atoms with E-state index in [2.05, 4.69) is 26.7 Å². The maximum Gasteiger partial charge on any atom is 0.573 e. The summed E-state index contributed by atoms with van der Waals surface area (Å²) in [6.45, 7) is 5.20. The van der Waals surface area contributed by atoms with Crippen LogP contribution in [0.2, 0.25) is 0 Å². The van der Waals surface area contributed by atoms with Gasteiger partial charge in [0.2, 0.25) is 0 Å². The Kier molecular flexibility index (Phi) is 6.95. The highest BCUT2D eigenvalue weighted by molar-refractivity contribution is 7.16. The number of halogens is 4. The van der Waals surface area contributed by atoms with Gasteiger partial charge in [-0.05, 0) is 30.3 Å². The van der Waals surface area contributed by atoms with Gasteiger partial charge in [0.05, 0.1) is 10.2 Å². The summed E-state index contributed by atoms with van der Waals surface area (Å²) >= 11 is 1.16. The zero-order valence-corrected chi connectivity index (χ0v) is 17.7. The highest BCUT2D eigenvalue weighted by atomic mass is 35.5. The van der Waals surface area contributed by atoms with E-state index in [-0.39, 0.29) is 18.2 Å². The molecule has 0 aliphatic carbocycles. The van der Waals surface area contributed by atoms with E-state index in [9.17, 15) is 13.2 Å². The number of hydrogen-bond acceptors (Lipinski definition) is 5. The molecule has 1 aliphatic rings. The minimum absolute atomic E-state index is 0. The van der Waals surface area contributed by atoms with Crippen molar-refractivity contribution in [2.45, 2.75) is 12.9 Å². The third kappa shape index (κ3) is 5.27. The molecule has 1 aromatic heterocycles. The van der Waals surface area contributed by atoms with Crippen LogP contribution in [0, 0.1) is 5.41 Å². The Balaban J connectivity index is 0.00000256. The fourth-order valence-corrected chi connectivity index (χ4v) is 4.56. The molecule has 30 heavy (non-hydrogen) atoms. The molecule has 5 nitrogen and oxygen atoms in total. The number of fused-ring (bicyclic) bond motifs is 1. The van der Waals surface area contributed by atoms with Crippen molar-refractivity contribution < 1.29 is 17.9 Å². The fraction of sp³-hybridized carbons (Fsp3) is 0.350. The molecule has 162 valence electrons. The minimum atomic E-state index is -4.72. The minimum Gasteiger partial charge on any atom is -0.406 e. The number of alkyl halides is 3. The summed E-state index contributed by atoms with van der Waals surface area (Å²) in [5, 5.41) is 8.20. The first-order valence-electron chi connectivity index (χ1n) is 9.35. The van der Waals surface area contributed by atoms with Crippen molar-refractivity contribution in [3.63, 3.8) is 0 Å². The summed E-state index contributed by atoms with van der Waals surface area (Å²) in [6.07, 6.45) is -4.72. The number of anilines is 1. The largest absolute Gasteiger partial charge is 0.573 e. The van der Waals surface area contributed by atoms with Crippen molar-refractivity contribution in [2.24, 2.45) is 0 Å². The normalized spacial score (nSPS) is 15.2. The van der Waals surface area contributed by atoms with Crippen molar-refractivity contribution in [3.05, 3.63) is 53.3 Å². The van der Waals surface area contributed by atoms with Crippen molar-refractivity contribution in [1.82, 2.24) is 9.47 Å². The van der Waals surface area contributed by atoms with E-state index in [1.165, 1.54) is 17.8 Å². The standard InChI is InChI=1S/C20H21F3N4OS.ClH/c21-20(22,23)28-16-6-7-17-18(14-16)29-19(24)27(17)13-10-25-8-11-26(12-9-25)15-4-2-1-3-5-15;/h1-7,14,24H,8-13H2;1H. The average Bonchev–Trinajstić information content (AvgIpc) is 3.00. The molecule has 2 aromatic carbocycles. The summed E-state index contributed by atoms with van der Waals surface area (Å²) in [4.78, 5) is 5.05. The molecule has 4 rings (SSSR count). The summed E-state index contributed by atoms with van der Waals surface area (Å²) in [5.41, 5.74) is 1.99. The Bertz CT molecular complexity index is 1030. The summed E-state index contributed by atoms with van der Waals surface area (Å²) in [5.74, 6) is -0.254. The third-order valence-electron chi connectivity index (χ3n) is 5.04. The molecule has 0 bridgehead atoms. The number of nitrogens with one attached hydrogen (secondary N) is 1. The van der Waals surface area contributed by atoms with Gasteiger partial charge in [-0.2, -0.15) is 0 Å². The number of thiazole rings is 1. The lowest BCUT2D eigenvalue weighted by Crippen LogP contribution is -2.47. The van der Waals surface area contributed by atoms with E-state index >= 15 is 0 Å². The molecule has 0 amide bonds. The Morgan fingerprint density at radius 3 is 2.33 bits per heavy atom. The molecule has 0 radical (unpaired) electrons. The lowest BCUT2D eigenvalue weighted by molar-refractivity contribution is -0.274. The van der Waals surface area contributed by atoms with Crippen molar-refractivity contribution in [2.75, 3.05) is 37.6 Å². The number of nitrogens with zero attached hydrogens (tertiary/aromatic N) is 3. The lowest BCUT2D eigenvalue weighted by Gasteiger charge is -2.36. The van der Waals surface area contributed by atoms with Gasteiger partial charge in [-0.1, -0.05) is 29.5 Å². The quantitative estimate of drug-likeness (QED) is 0.619. The van der Waals surface area contributed by atoms with Crippen LogP contribution in [0.5, 0.6) is 5.75 Å². The molecular weight excluding hydrogens is 437 g/mol. The van der Waals surface area contributed by atoms with Crippen LogP contribution in [-0.2, 0) is 6.54 Å². The summed E-state index contributed by atoms with van der Waals surface area (Å²) in [7, 11) is 0. The number of aromatic nitrogens is 1. The van der Waals surface area contributed by atoms with Crippen molar-refractivity contribution in [1.29, 1.82) is 5.41 Å². The van der Waals surface area contributed by atoms with Crippen LogP contribution >= 0.6 is 23.7 Å². The predicted octanol–water partition coefficient (Wildman–Crippen LogP) is 4.32. The molecule has 0 saturated carbocycles. The molecule has 1 saturated heterocycles. The monoisotopic (exact) mass is 458 g/mol. The fourth-order valence-electron chi connectivity index (χ4n) is 3.60. The van der Waals surface area contributed by atoms with Gasteiger partial charge in [0, 0.05) is 45.0 Å². The first kappa shape index (κ1) is 22.5. The van der Waals surface area contributed by atoms with E-state index in [4.69, 9.17) is 5.41 Å². The Hall–Kier alpha value is -2.23. The van der Waals surface area contributed by atoms with Crippen LogP contribution in [-0.4, -0.2) is 48.6 Å². The first-order valence-corrected chi connectivity index (χ1v) is 10.2. The van der Waals surface area contributed by atoms with Gasteiger partial charge in [-0.3, -0.25) is 10.3 Å². The zero-order chi connectivity index (χ0) is 20.4. The van der Waals surface area contributed by atoms with E-state index < -0.39 is 6.36 Å². The van der Waals surface area contributed by atoms with Crippen molar-refractivity contribution >= 4 is 39.6 Å². The lowest BCUT2D eigenvalue weighted by atomic mass is 10.2. The van der Waals surface area contributed by atoms with Gasteiger partial charge in [-0.25, -0.2) is 0 Å². The highest BCUT2D eigenvalue weighted by Crippen LogP contribution is 2.28. The van der Waals surface area contributed by atoms with Crippen LogP contribution in [0.3, 0.4) is 0 Å². The first-order chi connectivity index (χ1) is 13.9. The van der Waals surface area contributed by atoms with Gasteiger partial charge in [0.25, 0.3) is 0 Å². The van der Waals surface area contributed by atoms with Gasteiger partial charge in [0.15, 0.2) is 4.80 Å². The van der Waals surface area contributed by atoms with E-state index in [1.807, 2.05) is 22.8 Å². The SMILES string of the molecule is Cl.N=c1sc2cc(OC(F)(F)F)ccc2n1CCN1CCN(c2ccccc2)CC1. The summed E-state index contributed by atoms with van der Waals surface area (Å²) < 4.78 is 43.7. The number of benzene rings is 2. The van der Waals surface area contributed by atoms with Crippen LogP contribution in [0.25, 0.3) is 10.2 Å². The Morgan fingerprint density at radius 1 is 0.967 bits per heavy atom. The van der Waals surface area contributed by atoms with Gasteiger partial charge in [-0.15, -0.1) is 25.6 Å². The number of hydrogen-bond donors (Lipinski definition) is 1. The molecule has 0 atom stereocenters. The maximum absolute atomic E-state index is 12.4. The predicted molar refractivity (Wildman–Crippen MR) is 115 cm³/mol. The highest BCUT2D eigenvalue weighted by Gasteiger charge is 2.31. The molecule has 10 heteroatoms. The van der Waals surface area contributed by atoms with Crippen molar-refractivity contribution in [3.8, 4) is 5.75 Å². The molecular formula is C20H22ClF3N4OS. The number of ether oxygens (including phenoxy) is 1. The number of para-hydroxylation sites is 1. The van der Waals surface area contributed by atoms with E-state index in [0.717, 1.165) is 49.6 Å². The van der Waals surface area contributed by atoms with Crippen LogP contribution in [0.4, 0.5) is 18.9 Å². The zero-order valence-electron chi connectivity index (χ0n) is 16.1.